The maximum absolute atomic E-state index is 14.1. The molecule has 4 aromatic heterocycles. The van der Waals surface area contributed by atoms with E-state index in [0.717, 1.165) is 49.2 Å². The number of nitrogens with one attached hydrogen (secondary N) is 2. The lowest BCUT2D eigenvalue weighted by Crippen LogP contribution is -2.49. The number of aromatic nitrogens is 5. The van der Waals surface area contributed by atoms with Crippen LogP contribution in [0.4, 0.5) is 30.6 Å². The van der Waals surface area contributed by atoms with Crippen LogP contribution in [0, 0.1) is 17.6 Å². The van der Waals surface area contributed by atoms with E-state index in [1.807, 2.05) is 6.20 Å². The molecule has 0 radical (unpaired) electrons. The molecule has 1 atom stereocenters. The van der Waals surface area contributed by atoms with E-state index < -0.39 is 23.4 Å². The van der Waals surface area contributed by atoms with Crippen molar-refractivity contribution in [1.82, 2.24) is 30.2 Å². The van der Waals surface area contributed by atoms with Gasteiger partial charge in [0, 0.05) is 55.1 Å². The number of fused-ring (bicyclic) bond motifs is 1. The summed E-state index contributed by atoms with van der Waals surface area (Å²) in [5.41, 5.74) is 2.52. The Labute approximate surface area is 205 Å². The van der Waals surface area contributed by atoms with Crippen LogP contribution in [0.25, 0.3) is 22.3 Å². The zero-order valence-corrected chi connectivity index (χ0v) is 19.5. The number of pyridine rings is 3. The van der Waals surface area contributed by atoms with Crippen molar-refractivity contribution in [3.63, 3.8) is 0 Å². The molecule has 36 heavy (non-hydrogen) atoms. The van der Waals surface area contributed by atoms with E-state index in [1.165, 1.54) is 11.8 Å². The number of rotatable bonds is 5. The van der Waals surface area contributed by atoms with E-state index in [9.17, 15) is 13.2 Å². The van der Waals surface area contributed by atoms with Crippen LogP contribution in [0.3, 0.4) is 0 Å². The molecule has 2 N–H and O–H groups in total. The lowest BCUT2D eigenvalue weighted by Gasteiger charge is -2.33. The first-order valence-corrected chi connectivity index (χ1v) is 11.8. The van der Waals surface area contributed by atoms with Crippen LogP contribution >= 0.6 is 0 Å². The van der Waals surface area contributed by atoms with E-state index >= 15 is 0 Å². The first-order chi connectivity index (χ1) is 17.5. The van der Waals surface area contributed by atoms with Crippen molar-refractivity contribution in [1.29, 1.82) is 0 Å². The minimum Gasteiger partial charge on any atom is -0.353 e. The Morgan fingerprint density at radius 3 is 2.75 bits per heavy atom. The number of piperazine rings is 1. The number of halogens is 3. The predicted octanol–water partition coefficient (Wildman–Crippen LogP) is 4.32. The van der Waals surface area contributed by atoms with Crippen molar-refractivity contribution >= 4 is 28.4 Å². The molecule has 11 heteroatoms. The second-order valence-electron chi connectivity index (χ2n) is 9.21. The molecule has 5 heterocycles. The molecule has 1 aliphatic heterocycles. The average Bonchev–Trinajstić information content (AvgIpc) is 3.72. The summed E-state index contributed by atoms with van der Waals surface area (Å²) in [6.07, 6.45) is 7.42. The molecular formula is C25H23F3N8. The van der Waals surface area contributed by atoms with Crippen LogP contribution in [0.15, 0.2) is 36.8 Å². The lowest BCUT2D eigenvalue weighted by atomic mass is 10.1. The number of nitrogens with zero attached hydrogens (tertiary/aromatic N) is 6. The quantitative estimate of drug-likeness (QED) is 0.398. The fourth-order valence-electron chi connectivity index (χ4n) is 4.59. The smallest absolute Gasteiger partial charge is 0.217 e. The molecule has 1 saturated heterocycles. The van der Waals surface area contributed by atoms with Crippen LogP contribution in [0.5, 0.6) is 0 Å². The average molecular weight is 493 g/mol. The van der Waals surface area contributed by atoms with Gasteiger partial charge >= 0.3 is 0 Å². The van der Waals surface area contributed by atoms with Gasteiger partial charge in [0.1, 0.15) is 11.6 Å². The zero-order valence-electron chi connectivity index (χ0n) is 19.5. The van der Waals surface area contributed by atoms with Crippen molar-refractivity contribution in [2.24, 2.45) is 0 Å². The highest BCUT2D eigenvalue weighted by atomic mass is 19.2. The van der Waals surface area contributed by atoms with Gasteiger partial charge in [-0.2, -0.15) is 13.8 Å². The first kappa shape index (κ1) is 22.6. The van der Waals surface area contributed by atoms with E-state index in [2.05, 4.69) is 37.4 Å². The second kappa shape index (κ2) is 8.98. The van der Waals surface area contributed by atoms with Crippen LogP contribution in [0.1, 0.15) is 31.2 Å². The predicted molar refractivity (Wildman–Crippen MR) is 130 cm³/mol. The standard InChI is InChI=1S/C25H23F3N8/c1-13-12-36(7-6-30-13)25-21-16(14-2-3-14)10-29-11-18(21)32-23(35-25)15-4-5-31-20(8-15)34-24-22(28)17(26)9-19(27)33-24/h4-5,8-11,13-14,30H,2-3,6-7,12H2,1H3,(H,31,33,34)/t13-/m0/s1. The topological polar surface area (TPSA) is 91.8 Å². The van der Waals surface area contributed by atoms with Crippen molar-refractivity contribution in [3.05, 3.63) is 59.9 Å². The van der Waals surface area contributed by atoms with Gasteiger partial charge in [-0.3, -0.25) is 4.98 Å². The molecule has 0 bridgehead atoms. The van der Waals surface area contributed by atoms with Crippen LogP contribution in [0.2, 0.25) is 0 Å². The Morgan fingerprint density at radius 1 is 1.08 bits per heavy atom. The Bertz CT molecular complexity index is 1460. The lowest BCUT2D eigenvalue weighted by molar-refractivity contribution is 0.483. The van der Waals surface area contributed by atoms with Crippen molar-refractivity contribution in [2.75, 3.05) is 29.9 Å². The third-order valence-electron chi connectivity index (χ3n) is 6.45. The Kier molecular flexibility index (Phi) is 5.63. The molecule has 1 aliphatic carbocycles. The van der Waals surface area contributed by atoms with Crippen LogP contribution in [-0.4, -0.2) is 50.6 Å². The van der Waals surface area contributed by atoms with Gasteiger partial charge in [-0.1, -0.05) is 0 Å². The van der Waals surface area contributed by atoms with Gasteiger partial charge in [0.15, 0.2) is 17.5 Å². The highest BCUT2D eigenvalue weighted by Crippen LogP contribution is 2.45. The minimum atomic E-state index is -1.34. The molecule has 6 rings (SSSR count). The van der Waals surface area contributed by atoms with Gasteiger partial charge < -0.3 is 15.5 Å². The molecular weight excluding hydrogens is 469 g/mol. The highest BCUT2D eigenvalue weighted by molar-refractivity contribution is 5.94. The molecule has 2 fully saturated rings. The minimum absolute atomic E-state index is 0.148. The number of hydrogen-bond donors (Lipinski definition) is 2. The van der Waals surface area contributed by atoms with Gasteiger partial charge in [-0.05, 0) is 43.4 Å². The Hall–Kier alpha value is -3.86. The summed E-state index contributed by atoms with van der Waals surface area (Å²) in [4.78, 5) is 24.1. The largest absolute Gasteiger partial charge is 0.353 e. The molecule has 2 aliphatic rings. The van der Waals surface area contributed by atoms with E-state index in [-0.39, 0.29) is 5.82 Å². The molecule has 1 saturated carbocycles. The van der Waals surface area contributed by atoms with Crippen LogP contribution in [-0.2, 0) is 0 Å². The summed E-state index contributed by atoms with van der Waals surface area (Å²) >= 11 is 0. The van der Waals surface area contributed by atoms with Crippen molar-refractivity contribution in [3.8, 4) is 11.4 Å². The molecule has 0 aromatic carbocycles. The fraction of sp³-hybridized carbons (Fsp3) is 0.320. The normalized spacial score (nSPS) is 18.0. The third-order valence-corrected chi connectivity index (χ3v) is 6.45. The maximum Gasteiger partial charge on any atom is 0.217 e. The number of anilines is 3. The molecule has 0 spiro atoms. The fourth-order valence-corrected chi connectivity index (χ4v) is 4.59. The summed E-state index contributed by atoms with van der Waals surface area (Å²) < 4.78 is 41.3. The summed E-state index contributed by atoms with van der Waals surface area (Å²) in [5, 5.41) is 7.05. The summed E-state index contributed by atoms with van der Waals surface area (Å²) in [5.74, 6) is -2.44. The number of hydrogen-bond acceptors (Lipinski definition) is 8. The van der Waals surface area contributed by atoms with Gasteiger partial charge in [0.2, 0.25) is 11.8 Å². The molecule has 0 unspecified atom stereocenters. The third kappa shape index (κ3) is 4.30. The maximum atomic E-state index is 14.1. The van der Waals surface area contributed by atoms with E-state index in [4.69, 9.17) is 9.97 Å². The van der Waals surface area contributed by atoms with Gasteiger partial charge in [-0.15, -0.1) is 0 Å². The Morgan fingerprint density at radius 2 is 1.94 bits per heavy atom. The highest BCUT2D eigenvalue weighted by Gasteiger charge is 2.30. The summed E-state index contributed by atoms with van der Waals surface area (Å²) in [6, 6.07) is 4.01. The zero-order chi connectivity index (χ0) is 24.8. The summed E-state index contributed by atoms with van der Waals surface area (Å²) in [7, 11) is 0. The van der Waals surface area contributed by atoms with E-state index in [1.54, 1.807) is 18.3 Å². The van der Waals surface area contributed by atoms with Crippen molar-refractivity contribution < 1.29 is 13.2 Å². The first-order valence-electron chi connectivity index (χ1n) is 11.8. The molecule has 184 valence electrons. The van der Waals surface area contributed by atoms with Crippen LogP contribution < -0.4 is 15.5 Å². The molecule has 4 aromatic rings. The molecule has 0 amide bonds. The SMILES string of the molecule is C[C@H]1CN(c2nc(-c3ccnc(Nc4nc(F)cc(F)c4F)c3)nc3cncc(C4CC4)c23)CCN1. The molecule has 8 nitrogen and oxygen atoms in total. The van der Waals surface area contributed by atoms with E-state index in [0.29, 0.717) is 29.4 Å². The van der Waals surface area contributed by atoms with Crippen molar-refractivity contribution in [2.45, 2.75) is 31.7 Å². The monoisotopic (exact) mass is 492 g/mol. The van der Waals surface area contributed by atoms with Gasteiger partial charge in [0.25, 0.3) is 0 Å². The van der Waals surface area contributed by atoms with Gasteiger partial charge in [0.05, 0.1) is 11.7 Å². The second-order valence-corrected chi connectivity index (χ2v) is 9.21. The summed E-state index contributed by atoms with van der Waals surface area (Å²) in [6.45, 7) is 4.60. The van der Waals surface area contributed by atoms with Gasteiger partial charge in [-0.25, -0.2) is 19.3 Å². The Balaban J connectivity index is 1.44.